The van der Waals surface area contributed by atoms with Crippen molar-refractivity contribution in [3.05, 3.63) is 28.8 Å². The van der Waals surface area contributed by atoms with Crippen LogP contribution in [0.3, 0.4) is 0 Å². The molecule has 1 aliphatic heterocycles. The van der Waals surface area contributed by atoms with Gasteiger partial charge in [-0.05, 0) is 42.0 Å². The number of benzene rings is 1. The molecule has 1 aromatic rings. The molecule has 1 aliphatic carbocycles. The molecule has 1 nitrogen and oxygen atoms in total. The summed E-state index contributed by atoms with van der Waals surface area (Å²) >= 11 is 1.42. The molecule has 0 spiro atoms. The standard InChI is InChI=1S/C11H10OS/c12-11-6-9-4-7-2-1-3-8(7)5-10(9)13-11/h4-5H,1-3,6H2. The van der Waals surface area contributed by atoms with Gasteiger partial charge in [0.25, 0.3) is 0 Å². The van der Waals surface area contributed by atoms with Crippen molar-refractivity contribution < 1.29 is 4.79 Å². The smallest absolute Gasteiger partial charge is 0.198 e. The Balaban J connectivity index is 2.15. The molecule has 13 heavy (non-hydrogen) atoms. The molecule has 0 atom stereocenters. The zero-order chi connectivity index (χ0) is 8.84. The fourth-order valence-electron chi connectivity index (χ4n) is 2.20. The Bertz CT molecular complexity index is 360. The highest BCUT2D eigenvalue weighted by Gasteiger charge is 2.22. The van der Waals surface area contributed by atoms with Crippen LogP contribution in [0.1, 0.15) is 23.1 Å². The van der Waals surface area contributed by atoms with Gasteiger partial charge in [0.1, 0.15) is 0 Å². The van der Waals surface area contributed by atoms with Crippen molar-refractivity contribution in [1.29, 1.82) is 0 Å². The lowest BCUT2D eigenvalue weighted by Crippen LogP contribution is -1.89. The van der Waals surface area contributed by atoms with Crippen LogP contribution in [0.5, 0.6) is 0 Å². The first-order chi connectivity index (χ1) is 6.33. The number of fused-ring (bicyclic) bond motifs is 2. The molecule has 2 heteroatoms. The Hall–Kier alpha value is -0.760. The fraction of sp³-hybridized carbons (Fsp3) is 0.364. The average molecular weight is 190 g/mol. The number of rotatable bonds is 0. The highest BCUT2D eigenvalue weighted by Crippen LogP contribution is 2.36. The predicted octanol–water partition coefficient (Wildman–Crippen LogP) is 2.35. The molecule has 0 bridgehead atoms. The summed E-state index contributed by atoms with van der Waals surface area (Å²) in [4.78, 5) is 12.4. The van der Waals surface area contributed by atoms with Gasteiger partial charge in [0.05, 0.1) is 0 Å². The maximum atomic E-state index is 11.2. The third-order valence-corrected chi connectivity index (χ3v) is 3.81. The molecule has 0 unspecified atom stereocenters. The van der Waals surface area contributed by atoms with E-state index in [0.717, 1.165) is 0 Å². The molecule has 3 rings (SSSR count). The Morgan fingerprint density at radius 2 is 1.85 bits per heavy atom. The van der Waals surface area contributed by atoms with Gasteiger partial charge in [0, 0.05) is 11.3 Å². The van der Waals surface area contributed by atoms with Crippen LogP contribution < -0.4 is 0 Å². The van der Waals surface area contributed by atoms with E-state index in [9.17, 15) is 4.79 Å². The van der Waals surface area contributed by atoms with E-state index in [1.807, 2.05) is 0 Å². The molecule has 66 valence electrons. The number of carbonyl (C=O) groups excluding carboxylic acids is 1. The van der Waals surface area contributed by atoms with E-state index in [-0.39, 0.29) is 0 Å². The largest absolute Gasteiger partial charge is 0.286 e. The van der Waals surface area contributed by atoms with Gasteiger partial charge in [-0.1, -0.05) is 17.8 Å². The zero-order valence-corrected chi connectivity index (χ0v) is 8.12. The molecular weight excluding hydrogens is 180 g/mol. The van der Waals surface area contributed by atoms with Gasteiger partial charge < -0.3 is 0 Å². The summed E-state index contributed by atoms with van der Waals surface area (Å²) in [7, 11) is 0. The monoisotopic (exact) mass is 190 g/mol. The molecule has 2 aliphatic rings. The average Bonchev–Trinajstić information content (AvgIpc) is 2.63. The molecular formula is C11H10OS. The van der Waals surface area contributed by atoms with Crippen LogP contribution in [-0.2, 0) is 24.1 Å². The molecule has 1 aromatic carbocycles. The second kappa shape index (κ2) is 2.61. The van der Waals surface area contributed by atoms with E-state index in [1.165, 1.54) is 52.6 Å². The second-order valence-electron chi connectivity index (χ2n) is 3.73. The molecule has 0 fully saturated rings. The molecule has 0 saturated heterocycles. The number of hydrogen-bond acceptors (Lipinski definition) is 2. The predicted molar refractivity (Wildman–Crippen MR) is 53.0 cm³/mol. The van der Waals surface area contributed by atoms with Crippen molar-refractivity contribution >= 4 is 16.9 Å². The first-order valence-electron chi connectivity index (χ1n) is 4.68. The van der Waals surface area contributed by atoms with Gasteiger partial charge in [0.2, 0.25) is 0 Å². The van der Waals surface area contributed by atoms with Crippen molar-refractivity contribution in [2.24, 2.45) is 0 Å². The first kappa shape index (κ1) is 7.63. The van der Waals surface area contributed by atoms with Gasteiger partial charge in [-0.15, -0.1) is 0 Å². The molecule has 0 saturated carbocycles. The third-order valence-electron chi connectivity index (χ3n) is 2.83. The highest BCUT2D eigenvalue weighted by atomic mass is 32.2. The summed E-state index contributed by atoms with van der Waals surface area (Å²) in [6.07, 6.45) is 4.35. The van der Waals surface area contributed by atoms with E-state index >= 15 is 0 Å². The fourth-order valence-corrected chi connectivity index (χ4v) is 3.14. The summed E-state index contributed by atoms with van der Waals surface area (Å²) in [6.45, 7) is 0. The number of carbonyl (C=O) groups is 1. The lowest BCUT2D eigenvalue weighted by Gasteiger charge is -2.02. The summed E-state index contributed by atoms with van der Waals surface area (Å²) in [5.41, 5.74) is 4.21. The van der Waals surface area contributed by atoms with Crippen LogP contribution in [0, 0.1) is 0 Å². The molecule has 1 heterocycles. The van der Waals surface area contributed by atoms with E-state index in [1.54, 1.807) is 0 Å². The summed E-state index contributed by atoms with van der Waals surface area (Å²) in [5.74, 6) is 0. The van der Waals surface area contributed by atoms with E-state index in [4.69, 9.17) is 0 Å². The minimum atomic E-state index is 0.304. The van der Waals surface area contributed by atoms with Gasteiger partial charge in [-0.2, -0.15) is 0 Å². The van der Waals surface area contributed by atoms with Crippen molar-refractivity contribution in [3.63, 3.8) is 0 Å². The maximum absolute atomic E-state index is 11.2. The van der Waals surface area contributed by atoms with E-state index in [0.29, 0.717) is 11.5 Å². The van der Waals surface area contributed by atoms with Crippen LogP contribution in [-0.4, -0.2) is 5.12 Å². The topological polar surface area (TPSA) is 17.1 Å². The van der Waals surface area contributed by atoms with Crippen LogP contribution in [0.25, 0.3) is 0 Å². The maximum Gasteiger partial charge on any atom is 0.198 e. The Morgan fingerprint density at radius 3 is 2.69 bits per heavy atom. The van der Waals surface area contributed by atoms with Crippen molar-refractivity contribution in [2.45, 2.75) is 30.6 Å². The Morgan fingerprint density at radius 1 is 1.08 bits per heavy atom. The van der Waals surface area contributed by atoms with Crippen LogP contribution in [0.2, 0.25) is 0 Å². The van der Waals surface area contributed by atoms with Gasteiger partial charge in [-0.3, -0.25) is 4.79 Å². The van der Waals surface area contributed by atoms with E-state index < -0.39 is 0 Å². The molecule has 0 amide bonds. The van der Waals surface area contributed by atoms with E-state index in [2.05, 4.69) is 12.1 Å². The number of thioether (sulfide) groups is 1. The molecule has 0 aromatic heterocycles. The van der Waals surface area contributed by atoms with Crippen LogP contribution in [0.15, 0.2) is 17.0 Å². The third kappa shape index (κ3) is 1.12. The van der Waals surface area contributed by atoms with Crippen molar-refractivity contribution in [1.82, 2.24) is 0 Å². The van der Waals surface area contributed by atoms with Gasteiger partial charge in [-0.25, -0.2) is 0 Å². The van der Waals surface area contributed by atoms with Gasteiger partial charge >= 0.3 is 0 Å². The van der Waals surface area contributed by atoms with Crippen molar-refractivity contribution in [2.75, 3.05) is 0 Å². The number of hydrogen-bond donors (Lipinski definition) is 0. The van der Waals surface area contributed by atoms with Crippen molar-refractivity contribution in [3.8, 4) is 0 Å². The SMILES string of the molecule is O=C1Cc2cc3c(cc2S1)CCC3. The summed E-state index contributed by atoms with van der Waals surface area (Å²) in [6, 6.07) is 4.47. The Labute approximate surface area is 81.5 Å². The quantitative estimate of drug-likeness (QED) is 0.624. The minimum absolute atomic E-state index is 0.304. The second-order valence-corrected chi connectivity index (χ2v) is 4.83. The summed E-state index contributed by atoms with van der Waals surface area (Å²) < 4.78 is 0. The van der Waals surface area contributed by atoms with Crippen LogP contribution in [0.4, 0.5) is 0 Å². The lowest BCUT2D eigenvalue weighted by molar-refractivity contribution is -0.110. The number of aryl methyl sites for hydroxylation is 2. The highest BCUT2D eigenvalue weighted by molar-refractivity contribution is 8.14. The normalized spacial score (nSPS) is 18.9. The lowest BCUT2D eigenvalue weighted by atomic mass is 10.1. The van der Waals surface area contributed by atoms with Crippen LogP contribution >= 0.6 is 11.8 Å². The Kier molecular flexibility index (Phi) is 1.53. The zero-order valence-electron chi connectivity index (χ0n) is 7.30. The summed E-state index contributed by atoms with van der Waals surface area (Å²) in [5, 5.41) is 0.304. The van der Waals surface area contributed by atoms with Gasteiger partial charge in [0.15, 0.2) is 5.12 Å². The molecule has 0 radical (unpaired) electrons. The first-order valence-corrected chi connectivity index (χ1v) is 5.50. The molecule has 0 N–H and O–H groups in total. The minimum Gasteiger partial charge on any atom is -0.286 e.